The van der Waals surface area contributed by atoms with Crippen LogP contribution in [-0.2, 0) is 4.74 Å². The van der Waals surface area contributed by atoms with Crippen LogP contribution in [0.4, 0.5) is 0 Å². The Morgan fingerprint density at radius 2 is 1.85 bits per heavy atom. The summed E-state index contributed by atoms with van der Waals surface area (Å²) in [6, 6.07) is 6.51. The standard InChI is InChI=1S/C21H32NO4/c1-5-6-11-25-19-10-7-15(12-20(19)24-4)21(23)26-18-13-16-8-9-17(14-18)22(16,2)3/h7,10,12,16-18H,5-6,8-9,11,13-14H2,1-4H3/q+1. The van der Waals surface area contributed by atoms with Gasteiger partial charge in [-0.25, -0.2) is 4.79 Å². The number of fused-ring (bicyclic) bond motifs is 2. The average molecular weight is 362 g/mol. The molecule has 0 radical (unpaired) electrons. The molecule has 2 heterocycles. The quantitative estimate of drug-likeness (QED) is 0.420. The summed E-state index contributed by atoms with van der Waals surface area (Å²) in [4.78, 5) is 12.6. The van der Waals surface area contributed by atoms with E-state index in [-0.39, 0.29) is 12.1 Å². The third-order valence-corrected chi connectivity index (χ3v) is 6.21. The first-order chi connectivity index (χ1) is 12.5. The van der Waals surface area contributed by atoms with Gasteiger partial charge in [-0.2, -0.15) is 0 Å². The molecule has 2 fully saturated rings. The lowest BCUT2D eigenvalue weighted by molar-refractivity contribution is -0.931. The number of hydrogen-bond donors (Lipinski definition) is 0. The highest BCUT2D eigenvalue weighted by Gasteiger charge is 2.49. The first kappa shape index (κ1) is 19.0. The van der Waals surface area contributed by atoms with Crippen molar-refractivity contribution in [1.82, 2.24) is 0 Å². The molecular weight excluding hydrogens is 330 g/mol. The highest BCUT2D eigenvalue weighted by molar-refractivity contribution is 5.90. The largest absolute Gasteiger partial charge is 0.493 e. The van der Waals surface area contributed by atoms with Crippen molar-refractivity contribution in [2.24, 2.45) is 0 Å². The molecule has 0 N–H and O–H groups in total. The van der Waals surface area contributed by atoms with Gasteiger partial charge in [0.2, 0.25) is 0 Å². The summed E-state index contributed by atoms with van der Waals surface area (Å²) in [5, 5.41) is 0. The molecule has 5 nitrogen and oxygen atoms in total. The van der Waals surface area contributed by atoms with Crippen LogP contribution in [0.25, 0.3) is 0 Å². The zero-order chi connectivity index (χ0) is 18.7. The summed E-state index contributed by atoms with van der Waals surface area (Å²) >= 11 is 0. The number of methoxy groups -OCH3 is 1. The number of nitrogens with zero attached hydrogens (tertiary/aromatic N) is 1. The van der Waals surface area contributed by atoms with E-state index in [0.29, 0.717) is 35.8 Å². The van der Waals surface area contributed by atoms with E-state index in [2.05, 4.69) is 21.0 Å². The maximum absolute atomic E-state index is 12.6. The number of hydrogen-bond acceptors (Lipinski definition) is 4. The van der Waals surface area contributed by atoms with Crippen LogP contribution in [0.2, 0.25) is 0 Å². The van der Waals surface area contributed by atoms with Crippen molar-refractivity contribution in [1.29, 1.82) is 0 Å². The number of rotatable bonds is 7. The highest BCUT2D eigenvalue weighted by atomic mass is 16.5. The number of piperidine rings is 1. The maximum atomic E-state index is 12.6. The lowest BCUT2D eigenvalue weighted by Crippen LogP contribution is -2.56. The summed E-state index contributed by atoms with van der Waals surface area (Å²) in [5.41, 5.74) is 0.524. The fourth-order valence-electron chi connectivity index (χ4n) is 4.39. The third-order valence-electron chi connectivity index (χ3n) is 6.21. The van der Waals surface area contributed by atoms with E-state index >= 15 is 0 Å². The second kappa shape index (κ2) is 7.87. The molecule has 1 aromatic rings. The molecule has 3 rings (SSSR count). The Labute approximate surface area is 156 Å². The normalized spacial score (nSPS) is 26.4. The van der Waals surface area contributed by atoms with Gasteiger partial charge in [0.1, 0.15) is 6.10 Å². The van der Waals surface area contributed by atoms with E-state index in [1.54, 1.807) is 25.3 Å². The average Bonchev–Trinajstić information content (AvgIpc) is 2.79. The van der Waals surface area contributed by atoms with Crippen LogP contribution in [-0.4, -0.2) is 56.5 Å². The summed E-state index contributed by atoms with van der Waals surface area (Å²) in [6.07, 6.45) is 6.50. The van der Waals surface area contributed by atoms with Crippen LogP contribution < -0.4 is 9.47 Å². The molecule has 2 aliphatic rings. The third kappa shape index (κ3) is 3.83. The number of carbonyl (C=O) groups excluding carboxylic acids is 1. The van der Waals surface area contributed by atoms with E-state index in [4.69, 9.17) is 14.2 Å². The number of benzene rings is 1. The fourth-order valence-corrected chi connectivity index (χ4v) is 4.39. The summed E-state index contributed by atoms with van der Waals surface area (Å²) in [5.74, 6) is 0.990. The van der Waals surface area contributed by atoms with Gasteiger partial charge in [-0.05, 0) is 24.6 Å². The molecule has 2 saturated heterocycles. The van der Waals surface area contributed by atoms with Gasteiger partial charge < -0.3 is 18.7 Å². The van der Waals surface area contributed by atoms with E-state index in [1.165, 1.54) is 12.8 Å². The molecule has 0 aliphatic carbocycles. The Kier molecular flexibility index (Phi) is 5.76. The van der Waals surface area contributed by atoms with E-state index < -0.39 is 0 Å². The summed E-state index contributed by atoms with van der Waals surface area (Å²) in [7, 11) is 6.21. The van der Waals surface area contributed by atoms with Gasteiger partial charge in [0.25, 0.3) is 0 Å². The second-order valence-corrected chi connectivity index (χ2v) is 8.08. The van der Waals surface area contributed by atoms with E-state index in [1.807, 2.05) is 0 Å². The van der Waals surface area contributed by atoms with Crippen LogP contribution in [0.5, 0.6) is 11.5 Å². The lowest BCUT2D eigenvalue weighted by Gasteiger charge is -2.43. The fraction of sp³-hybridized carbons (Fsp3) is 0.667. The first-order valence-corrected chi connectivity index (χ1v) is 9.80. The van der Waals surface area contributed by atoms with Crippen LogP contribution in [0.1, 0.15) is 55.8 Å². The Balaban J connectivity index is 1.63. The maximum Gasteiger partial charge on any atom is 0.338 e. The van der Waals surface area contributed by atoms with Gasteiger partial charge in [-0.15, -0.1) is 0 Å². The molecule has 0 spiro atoms. The predicted molar refractivity (Wildman–Crippen MR) is 101 cm³/mol. The Bertz CT molecular complexity index is 627. The van der Waals surface area contributed by atoms with Crippen molar-refractivity contribution in [3.63, 3.8) is 0 Å². The number of ether oxygens (including phenoxy) is 3. The van der Waals surface area contributed by atoms with Gasteiger partial charge in [-0.3, -0.25) is 0 Å². The van der Waals surface area contributed by atoms with Crippen LogP contribution in [0.15, 0.2) is 18.2 Å². The topological polar surface area (TPSA) is 44.8 Å². The van der Waals surface area contributed by atoms with Crippen LogP contribution >= 0.6 is 0 Å². The Morgan fingerprint density at radius 3 is 2.46 bits per heavy atom. The number of unbranched alkanes of at least 4 members (excludes halogenated alkanes) is 1. The van der Waals surface area contributed by atoms with Gasteiger partial charge in [0.15, 0.2) is 11.5 Å². The van der Waals surface area contributed by atoms with Crippen molar-refractivity contribution in [2.75, 3.05) is 27.8 Å². The van der Waals surface area contributed by atoms with Crippen molar-refractivity contribution >= 4 is 5.97 Å². The molecule has 2 aliphatic heterocycles. The molecular formula is C21H32NO4+. The van der Waals surface area contributed by atoms with Gasteiger partial charge in [0.05, 0.1) is 45.5 Å². The number of esters is 1. The van der Waals surface area contributed by atoms with Gasteiger partial charge in [0, 0.05) is 25.7 Å². The monoisotopic (exact) mass is 362 g/mol. The molecule has 2 unspecified atom stereocenters. The number of quaternary nitrogens is 1. The number of carbonyl (C=O) groups is 1. The molecule has 1 aromatic carbocycles. The van der Waals surface area contributed by atoms with Crippen LogP contribution in [0.3, 0.4) is 0 Å². The Hall–Kier alpha value is -1.75. The highest BCUT2D eigenvalue weighted by Crippen LogP contribution is 2.40. The minimum absolute atomic E-state index is 0.0256. The molecule has 2 atom stereocenters. The molecule has 2 bridgehead atoms. The molecule has 144 valence electrons. The summed E-state index contributed by atoms with van der Waals surface area (Å²) in [6.45, 7) is 2.77. The first-order valence-electron chi connectivity index (χ1n) is 9.80. The summed E-state index contributed by atoms with van der Waals surface area (Å²) < 4.78 is 18.0. The predicted octanol–water partition coefficient (Wildman–Crippen LogP) is 3.80. The van der Waals surface area contributed by atoms with E-state index in [9.17, 15) is 4.79 Å². The van der Waals surface area contributed by atoms with Crippen molar-refractivity contribution in [3.05, 3.63) is 23.8 Å². The lowest BCUT2D eigenvalue weighted by atomic mass is 9.98. The minimum Gasteiger partial charge on any atom is -0.493 e. The molecule has 5 heteroatoms. The SMILES string of the molecule is CCCCOc1ccc(C(=O)OC2CC3CCC(C2)[N+]3(C)C)cc1OC. The van der Waals surface area contributed by atoms with Gasteiger partial charge in [-0.1, -0.05) is 13.3 Å². The van der Waals surface area contributed by atoms with Crippen LogP contribution in [0, 0.1) is 0 Å². The second-order valence-electron chi connectivity index (χ2n) is 8.08. The Morgan fingerprint density at radius 1 is 1.15 bits per heavy atom. The molecule has 0 saturated carbocycles. The van der Waals surface area contributed by atoms with Crippen molar-refractivity contribution < 1.29 is 23.5 Å². The zero-order valence-electron chi connectivity index (χ0n) is 16.5. The molecule has 0 amide bonds. The molecule has 26 heavy (non-hydrogen) atoms. The van der Waals surface area contributed by atoms with Gasteiger partial charge >= 0.3 is 5.97 Å². The minimum atomic E-state index is -0.264. The molecule has 0 aromatic heterocycles. The smallest absolute Gasteiger partial charge is 0.338 e. The van der Waals surface area contributed by atoms with E-state index in [0.717, 1.165) is 30.2 Å². The van der Waals surface area contributed by atoms with Crippen molar-refractivity contribution in [3.8, 4) is 11.5 Å². The van der Waals surface area contributed by atoms with Crippen molar-refractivity contribution in [2.45, 2.75) is 63.6 Å². The zero-order valence-corrected chi connectivity index (χ0v) is 16.5.